The molecular formula is C13H22N4OS. The Morgan fingerprint density at radius 2 is 2.32 bits per heavy atom. The van der Waals surface area contributed by atoms with E-state index < -0.39 is 0 Å². The van der Waals surface area contributed by atoms with Gasteiger partial charge in [0.25, 0.3) is 0 Å². The van der Waals surface area contributed by atoms with Crippen molar-refractivity contribution in [1.29, 1.82) is 0 Å². The van der Waals surface area contributed by atoms with Crippen LogP contribution in [0.15, 0.2) is 11.5 Å². The summed E-state index contributed by atoms with van der Waals surface area (Å²) in [7, 11) is 0. The third-order valence-electron chi connectivity index (χ3n) is 3.54. The van der Waals surface area contributed by atoms with E-state index in [9.17, 15) is 4.79 Å². The number of thioether (sulfide) groups is 1. The number of carbonyl (C=O) groups is 1. The van der Waals surface area contributed by atoms with Crippen molar-refractivity contribution < 1.29 is 4.79 Å². The molecule has 19 heavy (non-hydrogen) atoms. The van der Waals surface area contributed by atoms with Crippen LogP contribution >= 0.6 is 11.8 Å². The highest BCUT2D eigenvalue weighted by Gasteiger charge is 2.23. The van der Waals surface area contributed by atoms with Crippen LogP contribution in [-0.2, 0) is 4.79 Å². The number of nitrogens with zero attached hydrogens (tertiary/aromatic N) is 4. The molecule has 1 aromatic heterocycles. The number of hydrogen-bond donors (Lipinski definition) is 0. The second kappa shape index (κ2) is 6.41. The highest BCUT2D eigenvalue weighted by Crippen LogP contribution is 2.22. The van der Waals surface area contributed by atoms with Crippen molar-refractivity contribution in [1.82, 2.24) is 19.7 Å². The predicted octanol–water partition coefficient (Wildman–Crippen LogP) is 2.35. The molecule has 5 nitrogen and oxygen atoms in total. The van der Waals surface area contributed by atoms with Crippen LogP contribution in [-0.4, -0.2) is 43.9 Å². The van der Waals surface area contributed by atoms with Crippen molar-refractivity contribution in [2.75, 3.05) is 12.3 Å². The van der Waals surface area contributed by atoms with Gasteiger partial charge in [0.05, 0.1) is 5.75 Å². The minimum atomic E-state index is 0.218. The SMILES string of the molecule is CC1CCCCN1C(=O)CSc1nncn1C(C)C. The van der Waals surface area contributed by atoms with E-state index in [1.807, 2.05) is 9.47 Å². The molecule has 0 saturated carbocycles. The third-order valence-corrected chi connectivity index (χ3v) is 4.49. The first kappa shape index (κ1) is 14.4. The zero-order chi connectivity index (χ0) is 13.8. The van der Waals surface area contributed by atoms with Crippen LogP contribution in [0.5, 0.6) is 0 Å². The lowest BCUT2D eigenvalue weighted by atomic mass is 10.0. The number of amides is 1. The van der Waals surface area contributed by atoms with Crippen molar-refractivity contribution in [2.24, 2.45) is 0 Å². The summed E-state index contributed by atoms with van der Waals surface area (Å²) in [5, 5.41) is 8.82. The van der Waals surface area contributed by atoms with Crippen LogP contribution in [0.2, 0.25) is 0 Å². The molecule has 0 N–H and O–H groups in total. The van der Waals surface area contributed by atoms with Crippen LogP contribution in [0.4, 0.5) is 0 Å². The van der Waals surface area contributed by atoms with Crippen molar-refractivity contribution >= 4 is 17.7 Å². The number of hydrogen-bond acceptors (Lipinski definition) is 4. The summed E-state index contributed by atoms with van der Waals surface area (Å²) in [5.74, 6) is 0.672. The van der Waals surface area contributed by atoms with Crippen LogP contribution < -0.4 is 0 Å². The van der Waals surface area contributed by atoms with E-state index in [4.69, 9.17) is 0 Å². The Morgan fingerprint density at radius 3 is 3.00 bits per heavy atom. The average Bonchev–Trinajstić information content (AvgIpc) is 2.85. The summed E-state index contributed by atoms with van der Waals surface area (Å²) in [6.45, 7) is 7.21. The smallest absolute Gasteiger partial charge is 0.233 e. The number of carbonyl (C=O) groups excluding carboxylic acids is 1. The van der Waals surface area contributed by atoms with Crippen LogP contribution in [0.1, 0.15) is 46.1 Å². The first-order chi connectivity index (χ1) is 9.09. The third kappa shape index (κ3) is 3.49. The molecule has 1 aromatic rings. The maximum absolute atomic E-state index is 12.2. The molecule has 1 atom stereocenters. The molecule has 1 fully saturated rings. The van der Waals surface area contributed by atoms with Crippen molar-refractivity contribution in [2.45, 2.75) is 57.3 Å². The van der Waals surface area contributed by atoms with Gasteiger partial charge >= 0.3 is 0 Å². The fourth-order valence-corrected chi connectivity index (χ4v) is 3.30. The summed E-state index contributed by atoms with van der Waals surface area (Å²) in [6, 6.07) is 0.700. The number of rotatable bonds is 4. The monoisotopic (exact) mass is 282 g/mol. The van der Waals surface area contributed by atoms with E-state index >= 15 is 0 Å². The van der Waals surface area contributed by atoms with E-state index in [2.05, 4.69) is 31.0 Å². The second-order valence-electron chi connectivity index (χ2n) is 5.34. The normalized spacial score (nSPS) is 20.0. The molecule has 1 unspecified atom stereocenters. The van der Waals surface area contributed by atoms with Gasteiger partial charge in [0.2, 0.25) is 5.91 Å². The Morgan fingerprint density at radius 1 is 1.53 bits per heavy atom. The lowest BCUT2D eigenvalue weighted by molar-refractivity contribution is -0.131. The Balaban J connectivity index is 1.91. The zero-order valence-corrected chi connectivity index (χ0v) is 12.7. The molecule has 0 bridgehead atoms. The molecule has 1 aliphatic rings. The number of piperidine rings is 1. The molecule has 2 rings (SSSR count). The lowest BCUT2D eigenvalue weighted by Gasteiger charge is -2.33. The fourth-order valence-electron chi connectivity index (χ4n) is 2.37. The lowest BCUT2D eigenvalue weighted by Crippen LogP contribution is -2.43. The summed E-state index contributed by atoms with van der Waals surface area (Å²) in [4.78, 5) is 14.2. The summed E-state index contributed by atoms with van der Waals surface area (Å²) >= 11 is 1.48. The fraction of sp³-hybridized carbons (Fsp3) is 0.769. The van der Waals surface area contributed by atoms with Gasteiger partial charge in [0.15, 0.2) is 5.16 Å². The molecule has 6 heteroatoms. The Bertz CT molecular complexity index is 432. The molecule has 0 spiro atoms. The Hall–Kier alpha value is -1.04. The maximum Gasteiger partial charge on any atom is 0.233 e. The Kier molecular flexibility index (Phi) is 4.85. The molecule has 0 aromatic carbocycles. The molecular weight excluding hydrogens is 260 g/mol. The molecule has 1 amide bonds. The average molecular weight is 282 g/mol. The highest BCUT2D eigenvalue weighted by molar-refractivity contribution is 7.99. The van der Waals surface area contributed by atoms with Crippen molar-refractivity contribution in [3.05, 3.63) is 6.33 Å². The van der Waals surface area contributed by atoms with Crippen molar-refractivity contribution in [3.63, 3.8) is 0 Å². The Labute approximate surface area is 118 Å². The van der Waals surface area contributed by atoms with Gasteiger partial charge in [-0.2, -0.15) is 0 Å². The first-order valence-corrected chi connectivity index (χ1v) is 7.90. The van der Waals surface area contributed by atoms with Crippen LogP contribution in [0, 0.1) is 0 Å². The van der Waals surface area contributed by atoms with E-state index in [0.717, 1.165) is 24.5 Å². The standard InChI is InChI=1S/C13H22N4OS/c1-10(2)17-9-14-15-13(17)19-8-12(18)16-7-5-4-6-11(16)3/h9-11H,4-8H2,1-3H3. The van der Waals surface area contributed by atoms with E-state index in [-0.39, 0.29) is 5.91 Å². The highest BCUT2D eigenvalue weighted by atomic mass is 32.2. The minimum Gasteiger partial charge on any atom is -0.339 e. The zero-order valence-electron chi connectivity index (χ0n) is 11.9. The van der Waals surface area contributed by atoms with Gasteiger partial charge in [0, 0.05) is 18.6 Å². The topological polar surface area (TPSA) is 51.0 Å². The van der Waals surface area contributed by atoms with Crippen LogP contribution in [0.25, 0.3) is 0 Å². The molecule has 1 saturated heterocycles. The van der Waals surface area contributed by atoms with Crippen LogP contribution in [0.3, 0.4) is 0 Å². The maximum atomic E-state index is 12.2. The first-order valence-electron chi connectivity index (χ1n) is 6.91. The molecule has 2 heterocycles. The van der Waals surface area contributed by atoms with Gasteiger partial charge in [-0.15, -0.1) is 10.2 Å². The number of aromatic nitrogens is 3. The van der Waals surface area contributed by atoms with Gasteiger partial charge in [-0.3, -0.25) is 4.79 Å². The van der Waals surface area contributed by atoms with Gasteiger partial charge in [-0.05, 0) is 40.0 Å². The van der Waals surface area contributed by atoms with Crippen molar-refractivity contribution in [3.8, 4) is 0 Å². The summed E-state index contributed by atoms with van der Waals surface area (Å²) < 4.78 is 2.00. The van der Waals surface area contributed by atoms with Gasteiger partial charge in [-0.1, -0.05) is 11.8 Å². The van der Waals surface area contributed by atoms with E-state index in [1.54, 1.807) is 6.33 Å². The molecule has 106 valence electrons. The summed E-state index contributed by atoms with van der Waals surface area (Å²) in [5.41, 5.74) is 0. The van der Waals surface area contributed by atoms with E-state index in [1.165, 1.54) is 18.2 Å². The largest absolute Gasteiger partial charge is 0.339 e. The van der Waals surface area contributed by atoms with E-state index in [0.29, 0.717) is 17.8 Å². The van der Waals surface area contributed by atoms with Gasteiger partial charge < -0.3 is 9.47 Å². The number of likely N-dealkylation sites (tertiary alicyclic amines) is 1. The minimum absolute atomic E-state index is 0.218. The molecule has 0 radical (unpaired) electrons. The predicted molar refractivity (Wildman–Crippen MR) is 76.2 cm³/mol. The second-order valence-corrected chi connectivity index (χ2v) is 6.28. The van der Waals surface area contributed by atoms with Gasteiger partial charge in [0.1, 0.15) is 6.33 Å². The quantitative estimate of drug-likeness (QED) is 0.795. The van der Waals surface area contributed by atoms with Gasteiger partial charge in [-0.25, -0.2) is 0 Å². The summed E-state index contributed by atoms with van der Waals surface area (Å²) in [6.07, 6.45) is 5.21. The molecule has 0 aliphatic carbocycles. The molecule has 1 aliphatic heterocycles.